The minimum absolute atomic E-state index is 0.245. The van der Waals surface area contributed by atoms with Gasteiger partial charge in [0.25, 0.3) is 0 Å². The molecule has 1 saturated heterocycles. The Bertz CT molecular complexity index is 375. The molecule has 1 aromatic rings. The normalized spacial score (nSPS) is 22.3. The lowest BCUT2D eigenvalue weighted by molar-refractivity contribution is 0.0667. The van der Waals surface area contributed by atoms with Crippen molar-refractivity contribution < 1.29 is 9.50 Å². The lowest BCUT2D eigenvalue weighted by atomic mass is 10.1. The first kappa shape index (κ1) is 12.0. The molecule has 2 heterocycles. The van der Waals surface area contributed by atoms with E-state index in [9.17, 15) is 9.50 Å². The maximum Gasteiger partial charge on any atom is 0.156 e. The van der Waals surface area contributed by atoms with Gasteiger partial charge in [-0.05, 0) is 46.9 Å². The Labute approximate surface area is 102 Å². The Morgan fingerprint density at radius 3 is 3.12 bits per heavy atom. The minimum Gasteiger partial charge on any atom is -0.392 e. The zero-order valence-electron chi connectivity index (χ0n) is 8.87. The fourth-order valence-electron chi connectivity index (χ4n) is 1.98. The molecule has 0 saturated carbocycles. The summed E-state index contributed by atoms with van der Waals surface area (Å²) >= 11 is 3.02. The number of nitrogens with zero attached hydrogens (tertiary/aromatic N) is 2. The third-order valence-electron chi connectivity index (χ3n) is 2.74. The molecule has 0 amide bonds. The molecular formula is C11H14BrFN2O. The number of halogens is 2. The number of rotatable bonds is 2. The van der Waals surface area contributed by atoms with Gasteiger partial charge >= 0.3 is 0 Å². The Kier molecular flexibility index (Phi) is 3.89. The zero-order chi connectivity index (χ0) is 11.5. The van der Waals surface area contributed by atoms with Crippen LogP contribution in [0.3, 0.4) is 0 Å². The summed E-state index contributed by atoms with van der Waals surface area (Å²) < 4.78 is 13.5. The highest BCUT2D eigenvalue weighted by atomic mass is 79.9. The van der Waals surface area contributed by atoms with E-state index in [-0.39, 0.29) is 16.5 Å². The summed E-state index contributed by atoms with van der Waals surface area (Å²) in [4.78, 5) is 6.04. The molecule has 16 heavy (non-hydrogen) atoms. The van der Waals surface area contributed by atoms with Crippen LogP contribution in [0.4, 0.5) is 4.39 Å². The number of hydrogen-bond donors (Lipinski definition) is 1. The van der Waals surface area contributed by atoms with E-state index >= 15 is 0 Å². The highest BCUT2D eigenvalue weighted by Gasteiger charge is 2.17. The van der Waals surface area contributed by atoms with Crippen LogP contribution in [-0.2, 0) is 6.54 Å². The summed E-state index contributed by atoms with van der Waals surface area (Å²) in [5, 5.41) is 9.52. The third kappa shape index (κ3) is 2.99. The number of aliphatic hydroxyl groups excluding tert-OH is 1. The van der Waals surface area contributed by atoms with Crippen LogP contribution >= 0.6 is 15.9 Å². The maximum absolute atomic E-state index is 13.2. The monoisotopic (exact) mass is 288 g/mol. The van der Waals surface area contributed by atoms with E-state index in [0.717, 1.165) is 24.9 Å². The van der Waals surface area contributed by atoms with Gasteiger partial charge in [0.2, 0.25) is 0 Å². The molecule has 0 radical (unpaired) electrons. The van der Waals surface area contributed by atoms with Gasteiger partial charge in [0, 0.05) is 19.3 Å². The standard InChI is InChI=1S/C11H14BrFN2O/c12-11-10(13)4-8(5-14-11)6-15-3-1-2-9(16)7-15/h4-5,9,16H,1-3,6-7H2/t9-/m1/s1. The van der Waals surface area contributed by atoms with Crippen LogP contribution in [0.2, 0.25) is 0 Å². The number of likely N-dealkylation sites (tertiary alicyclic amines) is 1. The van der Waals surface area contributed by atoms with Gasteiger partial charge in [-0.15, -0.1) is 0 Å². The average Bonchev–Trinajstić information content (AvgIpc) is 2.24. The van der Waals surface area contributed by atoms with Crippen LogP contribution in [0.25, 0.3) is 0 Å². The Morgan fingerprint density at radius 2 is 2.44 bits per heavy atom. The van der Waals surface area contributed by atoms with Crippen molar-refractivity contribution in [2.75, 3.05) is 13.1 Å². The van der Waals surface area contributed by atoms with Gasteiger partial charge in [-0.1, -0.05) is 0 Å². The molecule has 1 fully saturated rings. The van der Waals surface area contributed by atoms with Crippen LogP contribution in [0, 0.1) is 5.82 Å². The van der Waals surface area contributed by atoms with E-state index < -0.39 is 0 Å². The van der Waals surface area contributed by atoms with E-state index in [0.29, 0.717) is 13.1 Å². The molecule has 0 spiro atoms. The van der Waals surface area contributed by atoms with Crippen LogP contribution in [0.5, 0.6) is 0 Å². The molecular weight excluding hydrogens is 275 g/mol. The molecule has 0 unspecified atom stereocenters. The number of aliphatic hydroxyl groups is 1. The van der Waals surface area contributed by atoms with Crippen LogP contribution in [0.15, 0.2) is 16.9 Å². The molecule has 3 nitrogen and oxygen atoms in total. The SMILES string of the molecule is O[C@@H]1CCCN(Cc2cnc(Br)c(F)c2)C1. The van der Waals surface area contributed by atoms with Gasteiger partial charge in [0.1, 0.15) is 4.60 Å². The molecule has 0 aliphatic carbocycles. The lowest BCUT2D eigenvalue weighted by Gasteiger charge is -2.29. The van der Waals surface area contributed by atoms with Crippen molar-refractivity contribution in [1.29, 1.82) is 0 Å². The van der Waals surface area contributed by atoms with Gasteiger partial charge in [-0.2, -0.15) is 0 Å². The van der Waals surface area contributed by atoms with Crippen molar-refractivity contribution in [3.05, 3.63) is 28.2 Å². The first-order valence-electron chi connectivity index (χ1n) is 5.35. The van der Waals surface area contributed by atoms with Crippen LogP contribution in [0.1, 0.15) is 18.4 Å². The summed E-state index contributed by atoms with van der Waals surface area (Å²) in [5.41, 5.74) is 0.842. The first-order valence-corrected chi connectivity index (χ1v) is 6.15. The largest absolute Gasteiger partial charge is 0.392 e. The quantitative estimate of drug-likeness (QED) is 0.845. The first-order chi connectivity index (χ1) is 7.65. The molecule has 2 rings (SSSR count). The number of pyridine rings is 1. The van der Waals surface area contributed by atoms with E-state index in [1.165, 1.54) is 6.07 Å². The summed E-state index contributed by atoms with van der Waals surface area (Å²) in [6.45, 7) is 2.26. The fourth-order valence-corrected chi connectivity index (χ4v) is 2.20. The Balaban J connectivity index is 2.00. The predicted octanol–water partition coefficient (Wildman–Crippen LogP) is 1.94. The van der Waals surface area contributed by atoms with Crippen molar-refractivity contribution in [2.24, 2.45) is 0 Å². The van der Waals surface area contributed by atoms with Crippen molar-refractivity contribution in [2.45, 2.75) is 25.5 Å². The van der Waals surface area contributed by atoms with Gasteiger partial charge < -0.3 is 5.11 Å². The molecule has 1 N–H and O–H groups in total. The highest BCUT2D eigenvalue weighted by Crippen LogP contribution is 2.16. The van der Waals surface area contributed by atoms with E-state index in [2.05, 4.69) is 25.8 Å². The predicted molar refractivity (Wildman–Crippen MR) is 62.4 cm³/mol. The maximum atomic E-state index is 13.2. The molecule has 1 atom stereocenters. The summed E-state index contributed by atoms with van der Waals surface area (Å²) in [6.07, 6.45) is 3.27. The van der Waals surface area contributed by atoms with Crippen LogP contribution < -0.4 is 0 Å². The smallest absolute Gasteiger partial charge is 0.156 e. The minimum atomic E-state index is -0.338. The van der Waals surface area contributed by atoms with Crippen molar-refractivity contribution in [3.63, 3.8) is 0 Å². The van der Waals surface area contributed by atoms with Gasteiger partial charge in [-0.25, -0.2) is 9.37 Å². The van der Waals surface area contributed by atoms with Gasteiger partial charge in [-0.3, -0.25) is 4.90 Å². The number of hydrogen-bond acceptors (Lipinski definition) is 3. The van der Waals surface area contributed by atoms with Crippen LogP contribution in [-0.4, -0.2) is 34.2 Å². The van der Waals surface area contributed by atoms with Crippen molar-refractivity contribution >= 4 is 15.9 Å². The molecule has 88 valence electrons. The fraction of sp³-hybridized carbons (Fsp3) is 0.545. The molecule has 5 heteroatoms. The number of aromatic nitrogens is 1. The second kappa shape index (κ2) is 5.21. The molecule has 1 aliphatic heterocycles. The van der Waals surface area contributed by atoms with Crippen molar-refractivity contribution in [1.82, 2.24) is 9.88 Å². The van der Waals surface area contributed by atoms with Gasteiger partial charge in [0.15, 0.2) is 5.82 Å². The second-order valence-corrected chi connectivity index (χ2v) is 4.90. The lowest BCUT2D eigenvalue weighted by Crippen LogP contribution is -2.37. The Hall–Kier alpha value is -0.520. The second-order valence-electron chi connectivity index (χ2n) is 4.15. The molecule has 1 aromatic heterocycles. The summed E-state index contributed by atoms with van der Waals surface area (Å²) in [6, 6.07) is 1.48. The average molecular weight is 289 g/mol. The van der Waals surface area contributed by atoms with Gasteiger partial charge in [0.05, 0.1) is 6.10 Å². The number of piperidine rings is 1. The molecule has 0 aromatic carbocycles. The summed E-state index contributed by atoms with van der Waals surface area (Å²) in [5.74, 6) is -0.338. The number of β-amino-alcohol motifs (C(OH)–C–C–N with tert-alkyl or cyclic N) is 1. The molecule has 0 bridgehead atoms. The summed E-state index contributed by atoms with van der Waals surface area (Å²) in [7, 11) is 0. The van der Waals surface area contributed by atoms with E-state index in [4.69, 9.17) is 0 Å². The highest BCUT2D eigenvalue weighted by molar-refractivity contribution is 9.10. The topological polar surface area (TPSA) is 36.4 Å². The van der Waals surface area contributed by atoms with E-state index in [1.54, 1.807) is 6.20 Å². The zero-order valence-corrected chi connectivity index (χ0v) is 10.5. The Morgan fingerprint density at radius 1 is 1.62 bits per heavy atom. The third-order valence-corrected chi connectivity index (χ3v) is 3.32. The van der Waals surface area contributed by atoms with Crippen molar-refractivity contribution in [3.8, 4) is 0 Å². The molecule has 1 aliphatic rings. The van der Waals surface area contributed by atoms with E-state index in [1.807, 2.05) is 0 Å².